The van der Waals surface area contributed by atoms with Gasteiger partial charge in [0.15, 0.2) is 0 Å². The Morgan fingerprint density at radius 1 is 1.67 bits per heavy atom. The number of β-amino-alcohol motifs (C(OH)–C–C–N with tert-alkyl or cyclic N) is 1. The molecule has 0 aromatic heterocycles. The Hall–Kier alpha value is -0.870. The predicted octanol–water partition coefficient (Wildman–Crippen LogP) is -0.872. The van der Waals surface area contributed by atoms with Crippen molar-refractivity contribution in [3.8, 4) is 0 Å². The van der Waals surface area contributed by atoms with E-state index in [1.54, 1.807) is 0 Å². The molecule has 0 unspecified atom stereocenters. The largest absolute Gasteiger partial charge is 0.391 e. The smallest absolute Gasteiger partial charge is 0.251 e. The molecule has 0 aliphatic carbocycles. The van der Waals surface area contributed by atoms with E-state index in [0.717, 1.165) is 0 Å². The quantitative estimate of drug-likeness (QED) is 0.531. The van der Waals surface area contributed by atoms with E-state index in [0.29, 0.717) is 19.5 Å². The Morgan fingerprint density at radius 3 is 2.75 bits per heavy atom. The van der Waals surface area contributed by atoms with Crippen LogP contribution in [0.4, 0.5) is 0 Å². The Balaban J connectivity index is 2.48. The van der Waals surface area contributed by atoms with Crippen molar-refractivity contribution < 1.29 is 15.0 Å². The predicted molar refractivity (Wildman–Crippen MR) is 43.4 cm³/mol. The summed E-state index contributed by atoms with van der Waals surface area (Å²) in [5, 5.41) is 17.7. The van der Waals surface area contributed by atoms with Crippen LogP contribution in [0.1, 0.15) is 6.42 Å². The second kappa shape index (κ2) is 3.69. The molecule has 1 atom stereocenters. The van der Waals surface area contributed by atoms with Gasteiger partial charge in [-0.2, -0.15) is 0 Å². The molecule has 4 nitrogen and oxygen atoms in total. The average molecular weight is 171 g/mol. The van der Waals surface area contributed by atoms with E-state index < -0.39 is 6.10 Å². The van der Waals surface area contributed by atoms with Crippen molar-refractivity contribution in [3.63, 3.8) is 0 Å². The van der Waals surface area contributed by atoms with Crippen LogP contribution in [0.5, 0.6) is 0 Å². The number of aliphatic hydroxyl groups excluding tert-OH is 2. The van der Waals surface area contributed by atoms with Crippen molar-refractivity contribution in [3.05, 3.63) is 12.2 Å². The van der Waals surface area contributed by atoms with E-state index in [9.17, 15) is 4.79 Å². The summed E-state index contributed by atoms with van der Waals surface area (Å²) in [5.74, 6) is -0.256. The number of nitrogens with zero attached hydrogens (tertiary/aromatic N) is 1. The highest BCUT2D eigenvalue weighted by atomic mass is 16.3. The average Bonchev–Trinajstić information content (AvgIpc) is 2.49. The molecule has 0 spiro atoms. The van der Waals surface area contributed by atoms with Gasteiger partial charge in [-0.3, -0.25) is 4.79 Å². The van der Waals surface area contributed by atoms with Crippen molar-refractivity contribution in [2.75, 3.05) is 19.7 Å². The summed E-state index contributed by atoms with van der Waals surface area (Å²) < 4.78 is 0. The molecule has 1 aliphatic heterocycles. The Morgan fingerprint density at radius 2 is 2.33 bits per heavy atom. The van der Waals surface area contributed by atoms with Crippen LogP contribution in [0, 0.1) is 0 Å². The molecule has 68 valence electrons. The van der Waals surface area contributed by atoms with E-state index >= 15 is 0 Å². The maximum Gasteiger partial charge on any atom is 0.251 e. The third kappa shape index (κ3) is 1.84. The monoisotopic (exact) mass is 171 g/mol. The van der Waals surface area contributed by atoms with Crippen molar-refractivity contribution in [1.82, 2.24) is 4.90 Å². The molecule has 1 saturated heterocycles. The van der Waals surface area contributed by atoms with Crippen LogP contribution in [-0.2, 0) is 4.79 Å². The molecule has 0 radical (unpaired) electrons. The van der Waals surface area contributed by atoms with E-state index in [4.69, 9.17) is 10.2 Å². The molecule has 1 rings (SSSR count). The molecule has 4 heteroatoms. The lowest BCUT2D eigenvalue weighted by Crippen LogP contribution is -2.31. The summed E-state index contributed by atoms with van der Waals surface area (Å²) in [7, 11) is 0. The van der Waals surface area contributed by atoms with Crippen LogP contribution in [-0.4, -0.2) is 46.8 Å². The highest BCUT2D eigenvalue weighted by Gasteiger charge is 2.25. The maximum absolute atomic E-state index is 11.3. The van der Waals surface area contributed by atoms with E-state index in [-0.39, 0.29) is 18.1 Å². The molecule has 1 amide bonds. The van der Waals surface area contributed by atoms with Crippen LogP contribution in [0.25, 0.3) is 0 Å². The van der Waals surface area contributed by atoms with E-state index in [2.05, 4.69) is 6.58 Å². The molecular formula is C8H13NO3. The third-order valence-electron chi connectivity index (χ3n) is 1.94. The number of likely N-dealkylation sites (tertiary alicyclic amines) is 1. The number of carbonyl (C=O) groups excluding carboxylic acids is 1. The molecule has 0 aromatic carbocycles. The third-order valence-corrected chi connectivity index (χ3v) is 1.94. The summed E-state index contributed by atoms with van der Waals surface area (Å²) in [6, 6.07) is 0. The van der Waals surface area contributed by atoms with Gasteiger partial charge in [-0.05, 0) is 6.42 Å². The number of aliphatic hydroxyl groups is 2. The molecular weight excluding hydrogens is 158 g/mol. The summed E-state index contributed by atoms with van der Waals surface area (Å²) in [4.78, 5) is 12.8. The van der Waals surface area contributed by atoms with Crippen molar-refractivity contribution in [2.24, 2.45) is 0 Å². The van der Waals surface area contributed by atoms with Gasteiger partial charge in [0.05, 0.1) is 12.7 Å². The first kappa shape index (κ1) is 9.22. The molecule has 1 fully saturated rings. The zero-order valence-electron chi connectivity index (χ0n) is 6.86. The van der Waals surface area contributed by atoms with Crippen molar-refractivity contribution >= 4 is 5.91 Å². The van der Waals surface area contributed by atoms with Gasteiger partial charge in [-0.15, -0.1) is 0 Å². The molecule has 0 saturated carbocycles. The second-order valence-corrected chi connectivity index (χ2v) is 2.96. The topological polar surface area (TPSA) is 60.8 Å². The van der Waals surface area contributed by atoms with Gasteiger partial charge in [0.2, 0.25) is 0 Å². The highest BCUT2D eigenvalue weighted by Crippen LogP contribution is 2.11. The Kier molecular flexibility index (Phi) is 2.83. The summed E-state index contributed by atoms with van der Waals surface area (Å²) in [6.07, 6.45) is 0.199. The number of hydrogen-bond acceptors (Lipinski definition) is 3. The second-order valence-electron chi connectivity index (χ2n) is 2.96. The van der Waals surface area contributed by atoms with E-state index in [1.807, 2.05) is 0 Å². The minimum absolute atomic E-state index is 0.184. The number of rotatable bonds is 2. The summed E-state index contributed by atoms with van der Waals surface area (Å²) in [6.45, 7) is 4.02. The minimum Gasteiger partial charge on any atom is -0.391 e. The highest BCUT2D eigenvalue weighted by molar-refractivity contribution is 5.93. The fourth-order valence-corrected chi connectivity index (χ4v) is 1.22. The maximum atomic E-state index is 11.3. The van der Waals surface area contributed by atoms with Gasteiger partial charge in [0.25, 0.3) is 5.91 Å². The van der Waals surface area contributed by atoms with Gasteiger partial charge in [0, 0.05) is 18.7 Å². The molecule has 12 heavy (non-hydrogen) atoms. The molecule has 1 heterocycles. The van der Waals surface area contributed by atoms with E-state index in [1.165, 1.54) is 4.90 Å². The van der Waals surface area contributed by atoms with Crippen LogP contribution in [0.15, 0.2) is 12.2 Å². The van der Waals surface area contributed by atoms with Gasteiger partial charge in [-0.25, -0.2) is 0 Å². The number of hydrogen-bond donors (Lipinski definition) is 2. The number of carbonyl (C=O) groups is 1. The first-order valence-electron chi connectivity index (χ1n) is 3.91. The normalized spacial score (nSPS) is 22.8. The fraction of sp³-hybridized carbons (Fsp3) is 0.625. The molecule has 2 N–H and O–H groups in total. The van der Waals surface area contributed by atoms with Gasteiger partial charge in [-0.1, -0.05) is 6.58 Å². The SMILES string of the molecule is C=C(CO)C(=O)N1CC[C@H](O)C1. The first-order valence-corrected chi connectivity index (χ1v) is 3.91. The van der Waals surface area contributed by atoms with Gasteiger partial charge >= 0.3 is 0 Å². The molecule has 1 aliphatic rings. The van der Waals surface area contributed by atoms with Crippen LogP contribution >= 0.6 is 0 Å². The zero-order valence-corrected chi connectivity index (χ0v) is 6.86. The zero-order chi connectivity index (χ0) is 9.14. The lowest BCUT2D eigenvalue weighted by molar-refractivity contribution is -0.126. The molecule has 0 aromatic rings. The van der Waals surface area contributed by atoms with Gasteiger partial charge in [0.1, 0.15) is 0 Å². The summed E-state index contributed by atoms with van der Waals surface area (Å²) >= 11 is 0. The van der Waals surface area contributed by atoms with Crippen LogP contribution in [0.3, 0.4) is 0 Å². The Labute approximate surface area is 71.1 Å². The number of amides is 1. The van der Waals surface area contributed by atoms with Crippen molar-refractivity contribution in [1.29, 1.82) is 0 Å². The first-order chi connectivity index (χ1) is 5.65. The van der Waals surface area contributed by atoms with Crippen LogP contribution in [0.2, 0.25) is 0 Å². The summed E-state index contributed by atoms with van der Waals surface area (Å²) in [5.41, 5.74) is 0.184. The lowest BCUT2D eigenvalue weighted by Gasteiger charge is -2.15. The van der Waals surface area contributed by atoms with Crippen molar-refractivity contribution in [2.45, 2.75) is 12.5 Å². The minimum atomic E-state index is -0.416. The standard InChI is InChI=1S/C8H13NO3/c1-6(5-10)8(12)9-3-2-7(11)4-9/h7,10-11H,1-5H2/t7-/m0/s1. The fourth-order valence-electron chi connectivity index (χ4n) is 1.22. The lowest BCUT2D eigenvalue weighted by atomic mass is 10.3. The Bertz CT molecular complexity index is 202. The van der Waals surface area contributed by atoms with Gasteiger partial charge < -0.3 is 15.1 Å². The molecule has 0 bridgehead atoms. The van der Waals surface area contributed by atoms with Crippen LogP contribution < -0.4 is 0 Å².